The highest BCUT2D eigenvalue weighted by Gasteiger charge is 2.54. The number of methoxy groups -OCH3 is 2. The van der Waals surface area contributed by atoms with Crippen molar-refractivity contribution in [2.75, 3.05) is 14.2 Å². The quantitative estimate of drug-likeness (QED) is 0.202. The van der Waals surface area contributed by atoms with Crippen LogP contribution in [0.2, 0.25) is 0 Å². The Hall–Kier alpha value is -4.67. The molecule has 1 N–H and O–H groups in total. The van der Waals surface area contributed by atoms with E-state index in [9.17, 15) is 50.3 Å². The first kappa shape index (κ1) is 34.2. The highest BCUT2D eigenvalue weighted by atomic mass is 32.2. The summed E-state index contributed by atoms with van der Waals surface area (Å²) < 4.78 is 93.1. The minimum atomic E-state index is -4.36. The van der Waals surface area contributed by atoms with E-state index in [0.29, 0.717) is 6.07 Å². The summed E-state index contributed by atoms with van der Waals surface area (Å²) in [6.45, 7) is 1.77. The molecule has 5 rings (SSSR count). The number of ether oxygens (including phenoxy) is 2. The lowest BCUT2D eigenvalue weighted by Crippen LogP contribution is -2.36. The molecule has 0 radical (unpaired) electrons. The number of nitrogens with zero attached hydrogens (tertiary/aromatic N) is 2. The van der Waals surface area contributed by atoms with Gasteiger partial charge in [-0.1, -0.05) is 17.7 Å². The van der Waals surface area contributed by atoms with Crippen molar-refractivity contribution in [3.05, 3.63) is 86.2 Å². The van der Waals surface area contributed by atoms with Crippen molar-refractivity contribution in [1.82, 2.24) is 9.13 Å². The fraction of sp³-hybridized carbons (Fsp3) is 0.379. The third kappa shape index (κ3) is 6.49. The predicted molar refractivity (Wildman–Crippen MR) is 151 cm³/mol. The first-order valence-corrected chi connectivity index (χ1v) is 14.9. The molecule has 2 fully saturated rings. The average Bonchev–Trinajstić information content (AvgIpc) is 3.92. The van der Waals surface area contributed by atoms with Crippen molar-refractivity contribution >= 4 is 22.1 Å². The van der Waals surface area contributed by atoms with Gasteiger partial charge in [0.1, 0.15) is 32.8 Å². The van der Waals surface area contributed by atoms with Crippen LogP contribution in [0.3, 0.4) is 0 Å². The third-order valence-electron chi connectivity index (χ3n) is 7.66. The van der Waals surface area contributed by atoms with Gasteiger partial charge in [0, 0.05) is 24.5 Å². The molecule has 2 heterocycles. The van der Waals surface area contributed by atoms with Gasteiger partial charge in [0.25, 0.3) is 24.0 Å². The van der Waals surface area contributed by atoms with E-state index in [2.05, 4.69) is 9.47 Å². The third-order valence-corrected chi connectivity index (χ3v) is 8.91. The second-order valence-corrected chi connectivity index (χ2v) is 12.2. The van der Waals surface area contributed by atoms with E-state index >= 15 is 0 Å². The molecule has 46 heavy (non-hydrogen) atoms. The lowest BCUT2D eigenvalue weighted by atomic mass is 10.2. The number of aromatic hydroxyl groups is 1. The number of rotatable bonds is 9. The van der Waals surface area contributed by atoms with E-state index in [1.807, 2.05) is 0 Å². The zero-order chi connectivity index (χ0) is 34.2. The van der Waals surface area contributed by atoms with Crippen molar-refractivity contribution in [3.63, 3.8) is 0 Å². The summed E-state index contributed by atoms with van der Waals surface area (Å²) >= 11 is 0. The van der Waals surface area contributed by atoms with Gasteiger partial charge in [-0.05, 0) is 44.7 Å². The van der Waals surface area contributed by atoms with Gasteiger partial charge in [-0.15, -0.1) is 0 Å². The van der Waals surface area contributed by atoms with Crippen LogP contribution in [0.5, 0.6) is 11.5 Å². The number of carbonyl (C=O) groups excluding carboxylic acids is 2. The summed E-state index contributed by atoms with van der Waals surface area (Å²) in [5.74, 6) is -3.06. The maximum atomic E-state index is 13.4. The highest BCUT2D eigenvalue weighted by Crippen LogP contribution is 2.49. The highest BCUT2D eigenvalue weighted by molar-refractivity contribution is 7.87. The maximum Gasteiger partial charge on any atom is 0.343 e. The van der Waals surface area contributed by atoms with E-state index in [-0.39, 0.29) is 36.1 Å². The van der Waals surface area contributed by atoms with Gasteiger partial charge in [0.05, 0.1) is 14.2 Å². The molecule has 17 heteroatoms. The second kappa shape index (κ2) is 12.6. The summed E-state index contributed by atoms with van der Waals surface area (Å²) in [6.07, 6.45) is -3.27. The van der Waals surface area contributed by atoms with E-state index in [1.54, 1.807) is 19.1 Å². The van der Waals surface area contributed by atoms with Crippen molar-refractivity contribution in [3.8, 4) is 11.5 Å². The molecular weight excluding hydrogens is 644 g/mol. The molecule has 0 atom stereocenters. The lowest BCUT2D eigenvalue weighted by Gasteiger charge is -2.19. The fourth-order valence-electron chi connectivity index (χ4n) is 4.59. The number of esters is 2. The van der Waals surface area contributed by atoms with Crippen LogP contribution in [0, 0.1) is 6.92 Å². The summed E-state index contributed by atoms with van der Waals surface area (Å²) in [7, 11) is -2.23. The molecule has 2 saturated carbocycles. The first-order valence-electron chi connectivity index (χ1n) is 13.5. The topological polar surface area (TPSA) is 160 Å². The van der Waals surface area contributed by atoms with E-state index in [4.69, 9.17) is 4.18 Å². The van der Waals surface area contributed by atoms with Crippen LogP contribution in [0.1, 0.15) is 52.0 Å². The Balaban J connectivity index is 0.000000230. The van der Waals surface area contributed by atoms with Crippen LogP contribution in [0.4, 0.5) is 17.6 Å². The fourth-order valence-corrected chi connectivity index (χ4v) is 5.53. The predicted octanol–water partition coefficient (Wildman–Crippen LogP) is 3.56. The molecule has 12 nitrogen and oxygen atoms in total. The van der Waals surface area contributed by atoms with E-state index in [1.165, 1.54) is 12.1 Å². The molecule has 0 aliphatic heterocycles. The average molecular weight is 673 g/mol. The molecule has 0 bridgehead atoms. The zero-order valence-electron chi connectivity index (χ0n) is 24.5. The van der Waals surface area contributed by atoms with Gasteiger partial charge in [-0.2, -0.15) is 8.42 Å². The second-order valence-electron chi connectivity index (χ2n) is 10.7. The van der Waals surface area contributed by atoms with Gasteiger partial charge >= 0.3 is 22.1 Å². The SMILES string of the molecule is COC(=O)c1cn(C2(C(F)F)CC2)c(=O)cc1O.COC(=O)c1cn(C2(C(F)F)CC2)c(=O)cc1OS(=O)(=O)c1ccc(C)cc1. The number of alkyl halides is 4. The molecular formula is C29H28F4N2O10S. The smallest absolute Gasteiger partial charge is 0.343 e. The number of hydrogen-bond acceptors (Lipinski definition) is 10. The molecule has 0 unspecified atom stereocenters. The Kier molecular flexibility index (Phi) is 9.38. The number of halogens is 4. The van der Waals surface area contributed by atoms with E-state index < -0.39 is 74.2 Å². The first-order chi connectivity index (χ1) is 21.5. The monoisotopic (exact) mass is 672 g/mol. The van der Waals surface area contributed by atoms with Gasteiger partial charge < -0.3 is 27.9 Å². The van der Waals surface area contributed by atoms with Gasteiger partial charge in [-0.25, -0.2) is 27.2 Å². The molecule has 2 aliphatic rings. The Labute approximate surface area is 258 Å². The van der Waals surface area contributed by atoms with E-state index in [0.717, 1.165) is 47.4 Å². The summed E-state index contributed by atoms with van der Waals surface area (Å²) in [5.41, 5.74) is -4.84. The Morgan fingerprint density at radius 1 is 0.804 bits per heavy atom. The van der Waals surface area contributed by atoms with Crippen LogP contribution < -0.4 is 15.3 Å². The summed E-state index contributed by atoms with van der Waals surface area (Å²) in [4.78, 5) is 47.2. The van der Waals surface area contributed by atoms with Crippen molar-refractivity contribution in [1.29, 1.82) is 0 Å². The molecule has 2 aliphatic carbocycles. The Bertz CT molecular complexity index is 1880. The standard InChI is InChI=1S/C18H17F2NO6S.C11H11F2NO4/c1-11-3-5-12(6-4-11)28(24,25)27-14-9-15(22)21(10-13(14)16(23)26-2)18(7-8-18)17(19)20;1-18-9(17)6-5-14(8(16)4-7(6)15)11(2-3-11)10(12)13/h3-6,9-10,17H,7-8H2,1-2H3;4-5,10,15H,2-3H2,1H3. The Morgan fingerprint density at radius 3 is 1.67 bits per heavy atom. The van der Waals surface area contributed by atoms with Crippen LogP contribution in [0.25, 0.3) is 0 Å². The Morgan fingerprint density at radius 2 is 1.24 bits per heavy atom. The van der Waals surface area contributed by atoms with Crippen LogP contribution >= 0.6 is 0 Å². The van der Waals surface area contributed by atoms with Gasteiger partial charge in [-0.3, -0.25) is 9.59 Å². The van der Waals surface area contributed by atoms with Crippen LogP contribution in [-0.2, 0) is 30.7 Å². The zero-order valence-corrected chi connectivity index (χ0v) is 25.4. The molecule has 1 aromatic carbocycles. The number of hydrogen-bond donors (Lipinski definition) is 1. The molecule has 0 spiro atoms. The molecule has 3 aromatic rings. The number of aromatic nitrogens is 2. The number of aryl methyl sites for hydroxylation is 1. The largest absolute Gasteiger partial charge is 0.507 e. The molecule has 2 aromatic heterocycles. The lowest BCUT2D eigenvalue weighted by molar-refractivity contribution is 0.0571. The minimum absolute atomic E-state index is 0.0626. The molecule has 0 amide bonds. The number of pyridine rings is 2. The van der Waals surface area contributed by atoms with Crippen molar-refractivity contribution < 1.29 is 54.3 Å². The van der Waals surface area contributed by atoms with Gasteiger partial charge in [0.2, 0.25) is 0 Å². The van der Waals surface area contributed by atoms with Crippen LogP contribution in [-0.4, -0.2) is 61.7 Å². The summed E-state index contributed by atoms with van der Waals surface area (Å²) in [6, 6.07) is 7.17. The van der Waals surface area contributed by atoms with Crippen LogP contribution in [0.15, 0.2) is 63.3 Å². The van der Waals surface area contributed by atoms with Crippen molar-refractivity contribution in [2.45, 2.75) is 61.4 Å². The minimum Gasteiger partial charge on any atom is -0.507 e. The number of carbonyl (C=O) groups is 2. The summed E-state index contributed by atoms with van der Waals surface area (Å²) in [5, 5.41) is 9.44. The van der Waals surface area contributed by atoms with Crippen molar-refractivity contribution in [2.24, 2.45) is 0 Å². The van der Waals surface area contributed by atoms with Gasteiger partial charge in [0.15, 0.2) is 5.75 Å². The normalized spacial score (nSPS) is 15.8. The maximum absolute atomic E-state index is 13.4. The molecule has 248 valence electrons. The molecule has 0 saturated heterocycles. The number of benzene rings is 1.